The van der Waals surface area contributed by atoms with E-state index >= 15 is 0 Å². The highest BCUT2D eigenvalue weighted by Gasteiger charge is 2.54. The Labute approximate surface area is 97.2 Å². The summed E-state index contributed by atoms with van der Waals surface area (Å²) in [5, 5.41) is 3.13. The number of nitrogens with two attached hydrogens (primary N) is 1. The van der Waals surface area contributed by atoms with Crippen molar-refractivity contribution in [3.8, 4) is 0 Å². The summed E-state index contributed by atoms with van der Waals surface area (Å²) in [7, 11) is 0. The molecule has 2 atom stereocenters. The van der Waals surface area contributed by atoms with E-state index < -0.39 is 0 Å². The van der Waals surface area contributed by atoms with Gasteiger partial charge in [0.15, 0.2) is 0 Å². The van der Waals surface area contributed by atoms with Crippen LogP contribution in [0.4, 0.5) is 0 Å². The molecule has 3 heteroatoms. The van der Waals surface area contributed by atoms with Gasteiger partial charge in [0.25, 0.3) is 0 Å². The van der Waals surface area contributed by atoms with Crippen molar-refractivity contribution in [2.45, 2.75) is 44.6 Å². The zero-order valence-electron chi connectivity index (χ0n) is 9.82. The van der Waals surface area contributed by atoms with Crippen molar-refractivity contribution in [3.63, 3.8) is 0 Å². The average molecular weight is 222 g/mol. The summed E-state index contributed by atoms with van der Waals surface area (Å²) in [5.74, 6) is 2.82. The minimum Gasteiger partial charge on any atom is -0.356 e. The highest BCUT2D eigenvalue weighted by molar-refractivity contribution is 5.82. The smallest absolute Gasteiger partial charge is 0.223 e. The summed E-state index contributed by atoms with van der Waals surface area (Å²) in [6, 6.07) is 0.394. The highest BCUT2D eigenvalue weighted by atomic mass is 16.2. The minimum atomic E-state index is 0.331. The van der Waals surface area contributed by atoms with E-state index in [1.54, 1.807) is 0 Å². The number of hydrogen-bond donors (Lipinski definition) is 2. The number of hydrogen-bond acceptors (Lipinski definition) is 2. The molecule has 0 aromatic carbocycles. The van der Waals surface area contributed by atoms with E-state index in [2.05, 4.69) is 5.32 Å². The first-order chi connectivity index (χ1) is 7.75. The molecule has 0 radical (unpaired) electrons. The van der Waals surface area contributed by atoms with Crippen LogP contribution in [0.25, 0.3) is 0 Å². The largest absolute Gasteiger partial charge is 0.356 e. The Balaban J connectivity index is 1.41. The van der Waals surface area contributed by atoms with Crippen LogP contribution in [0.1, 0.15) is 38.5 Å². The summed E-state index contributed by atoms with van der Waals surface area (Å²) >= 11 is 0. The quantitative estimate of drug-likeness (QED) is 0.755. The average Bonchev–Trinajstić information content (AvgIpc) is 2.96. The van der Waals surface area contributed by atoms with Crippen molar-refractivity contribution in [1.29, 1.82) is 0 Å². The lowest BCUT2D eigenvalue weighted by Gasteiger charge is -2.32. The van der Waals surface area contributed by atoms with E-state index in [9.17, 15) is 4.79 Å². The first kappa shape index (κ1) is 10.6. The van der Waals surface area contributed by atoms with Crippen LogP contribution in [0.3, 0.4) is 0 Å². The number of fused-ring (bicyclic) bond motifs is 1. The van der Waals surface area contributed by atoms with Crippen molar-refractivity contribution in [2.75, 3.05) is 6.54 Å². The van der Waals surface area contributed by atoms with Gasteiger partial charge in [-0.15, -0.1) is 0 Å². The number of carbonyl (C=O) groups excluding carboxylic acids is 1. The second-order valence-electron chi connectivity index (χ2n) is 5.98. The van der Waals surface area contributed by atoms with Crippen LogP contribution in [0.2, 0.25) is 0 Å². The van der Waals surface area contributed by atoms with Gasteiger partial charge in [0.05, 0.1) is 0 Å². The molecule has 3 aliphatic rings. The van der Waals surface area contributed by atoms with Gasteiger partial charge >= 0.3 is 0 Å². The van der Waals surface area contributed by atoms with Crippen molar-refractivity contribution >= 4 is 5.91 Å². The fourth-order valence-corrected chi connectivity index (χ4v) is 3.70. The first-order valence-corrected chi connectivity index (χ1v) is 6.79. The van der Waals surface area contributed by atoms with Gasteiger partial charge in [-0.2, -0.15) is 0 Å². The molecule has 3 N–H and O–H groups in total. The Kier molecular flexibility index (Phi) is 2.66. The molecule has 16 heavy (non-hydrogen) atoms. The van der Waals surface area contributed by atoms with E-state index in [1.807, 2.05) is 0 Å². The van der Waals surface area contributed by atoms with Gasteiger partial charge in [0.2, 0.25) is 5.91 Å². The molecule has 0 aliphatic heterocycles. The fraction of sp³-hybridized carbons (Fsp3) is 0.923. The third-order valence-electron chi connectivity index (χ3n) is 4.80. The summed E-state index contributed by atoms with van der Waals surface area (Å²) in [6.45, 7) is 0.864. The zero-order chi connectivity index (χ0) is 11.1. The summed E-state index contributed by atoms with van der Waals surface area (Å²) in [6.07, 6.45) is 7.44. The van der Waals surface area contributed by atoms with Crippen LogP contribution in [0.15, 0.2) is 0 Å². The summed E-state index contributed by atoms with van der Waals surface area (Å²) in [4.78, 5) is 12.0. The van der Waals surface area contributed by atoms with Crippen LogP contribution in [0.5, 0.6) is 0 Å². The van der Waals surface area contributed by atoms with E-state index in [-0.39, 0.29) is 0 Å². The Morgan fingerprint density at radius 2 is 1.81 bits per heavy atom. The molecule has 3 rings (SSSR count). The van der Waals surface area contributed by atoms with Crippen LogP contribution in [0, 0.1) is 23.7 Å². The molecule has 3 saturated carbocycles. The monoisotopic (exact) mass is 222 g/mol. The van der Waals surface area contributed by atoms with Crippen molar-refractivity contribution < 1.29 is 4.79 Å². The number of carbonyl (C=O) groups is 1. The summed E-state index contributed by atoms with van der Waals surface area (Å²) < 4.78 is 0. The molecule has 0 bridgehead atoms. The standard InChI is InChI=1S/C13H22N2O/c14-9-5-8(6-9)7-15-13(16)12-10-3-1-2-4-11(10)12/h8-12H,1-7,14H2,(H,15,16). The molecule has 3 nitrogen and oxygen atoms in total. The molecule has 2 unspecified atom stereocenters. The Bertz CT molecular complexity index is 274. The van der Waals surface area contributed by atoms with Gasteiger partial charge in [-0.05, 0) is 43.4 Å². The number of nitrogens with one attached hydrogen (secondary N) is 1. The predicted molar refractivity (Wildman–Crippen MR) is 62.6 cm³/mol. The van der Waals surface area contributed by atoms with Gasteiger partial charge in [0.1, 0.15) is 0 Å². The van der Waals surface area contributed by atoms with Crippen LogP contribution in [-0.4, -0.2) is 18.5 Å². The van der Waals surface area contributed by atoms with Gasteiger partial charge in [0, 0.05) is 18.5 Å². The molecule has 0 saturated heterocycles. The molecular formula is C13H22N2O. The van der Waals surface area contributed by atoms with E-state index in [0.717, 1.165) is 31.2 Å². The molecule has 90 valence electrons. The molecule has 0 aromatic heterocycles. The number of rotatable bonds is 3. The van der Waals surface area contributed by atoms with Crippen LogP contribution >= 0.6 is 0 Å². The van der Waals surface area contributed by atoms with Gasteiger partial charge in [-0.1, -0.05) is 12.8 Å². The van der Waals surface area contributed by atoms with E-state index in [1.165, 1.54) is 25.7 Å². The third-order valence-corrected chi connectivity index (χ3v) is 4.80. The molecule has 1 amide bonds. The normalized spacial score (nSPS) is 45.4. The topological polar surface area (TPSA) is 55.1 Å². The lowest BCUT2D eigenvalue weighted by Crippen LogP contribution is -2.43. The van der Waals surface area contributed by atoms with E-state index in [4.69, 9.17) is 5.73 Å². The highest BCUT2D eigenvalue weighted by Crippen LogP contribution is 2.55. The van der Waals surface area contributed by atoms with Crippen LogP contribution in [-0.2, 0) is 4.79 Å². The molecule has 3 aliphatic carbocycles. The Morgan fingerprint density at radius 3 is 2.38 bits per heavy atom. The van der Waals surface area contributed by atoms with E-state index in [0.29, 0.717) is 23.8 Å². The fourth-order valence-electron chi connectivity index (χ4n) is 3.70. The molecule has 0 aromatic rings. The maximum atomic E-state index is 12.0. The minimum absolute atomic E-state index is 0.331. The predicted octanol–water partition coefficient (Wildman–Crippen LogP) is 1.28. The van der Waals surface area contributed by atoms with Crippen molar-refractivity contribution in [1.82, 2.24) is 5.32 Å². The number of amides is 1. The SMILES string of the molecule is NC1CC(CNC(=O)C2C3CCCCC32)C1. The Hall–Kier alpha value is -0.570. The second-order valence-corrected chi connectivity index (χ2v) is 5.98. The van der Waals surface area contributed by atoms with Crippen LogP contribution < -0.4 is 11.1 Å². The molecule has 3 fully saturated rings. The molecule has 0 spiro atoms. The maximum Gasteiger partial charge on any atom is 0.223 e. The second kappa shape index (κ2) is 4.02. The first-order valence-electron chi connectivity index (χ1n) is 6.79. The Morgan fingerprint density at radius 1 is 1.19 bits per heavy atom. The zero-order valence-corrected chi connectivity index (χ0v) is 9.82. The summed E-state index contributed by atoms with van der Waals surface area (Å²) in [5.41, 5.74) is 5.73. The van der Waals surface area contributed by atoms with Crippen molar-refractivity contribution in [2.24, 2.45) is 29.4 Å². The molecular weight excluding hydrogens is 200 g/mol. The lowest BCUT2D eigenvalue weighted by atomic mass is 9.81. The lowest BCUT2D eigenvalue weighted by molar-refractivity contribution is -0.123. The van der Waals surface area contributed by atoms with Crippen molar-refractivity contribution in [3.05, 3.63) is 0 Å². The van der Waals surface area contributed by atoms with Gasteiger partial charge in [-0.3, -0.25) is 4.79 Å². The third kappa shape index (κ3) is 1.86. The molecule has 0 heterocycles. The van der Waals surface area contributed by atoms with Gasteiger partial charge < -0.3 is 11.1 Å². The maximum absolute atomic E-state index is 12.0. The van der Waals surface area contributed by atoms with Gasteiger partial charge in [-0.25, -0.2) is 0 Å².